The van der Waals surface area contributed by atoms with Gasteiger partial charge in [0.1, 0.15) is 17.9 Å². The Balaban J connectivity index is 1.66. The third-order valence-electron chi connectivity index (χ3n) is 3.33. The Morgan fingerprint density at radius 2 is 2.15 bits per heavy atom. The molecule has 1 atom stereocenters. The molecule has 0 radical (unpaired) electrons. The number of fused-ring (bicyclic) bond motifs is 1. The maximum absolute atomic E-state index is 9.05. The topological polar surface area (TPSA) is 45.0 Å². The lowest BCUT2D eigenvalue weighted by atomic mass is 10.1. The lowest BCUT2D eigenvalue weighted by Gasteiger charge is -2.13. The Morgan fingerprint density at radius 1 is 1.30 bits per heavy atom. The third-order valence-corrected chi connectivity index (χ3v) is 3.57. The predicted molar refractivity (Wildman–Crippen MR) is 79.2 cm³/mol. The Kier molecular flexibility index (Phi) is 3.49. The SMILES string of the molecule is N#Cc1ccccc1NCC1Cc2cc(Cl)ccc2O1. The number of ether oxygens (including phenoxy) is 1. The van der Waals surface area contributed by atoms with Crippen molar-refractivity contribution in [3.05, 3.63) is 58.6 Å². The van der Waals surface area contributed by atoms with Crippen molar-refractivity contribution in [2.24, 2.45) is 0 Å². The van der Waals surface area contributed by atoms with Gasteiger partial charge in [-0.3, -0.25) is 0 Å². The van der Waals surface area contributed by atoms with E-state index < -0.39 is 0 Å². The number of nitriles is 1. The first-order valence-electron chi connectivity index (χ1n) is 6.44. The largest absolute Gasteiger partial charge is 0.488 e. The zero-order chi connectivity index (χ0) is 13.9. The maximum atomic E-state index is 9.05. The standard InChI is InChI=1S/C16H13ClN2O/c17-13-5-6-16-12(7-13)8-14(20-16)10-19-15-4-2-1-3-11(15)9-18/h1-7,14,19H,8,10H2. The Bertz CT molecular complexity index is 678. The molecule has 0 aromatic heterocycles. The monoisotopic (exact) mass is 284 g/mol. The predicted octanol–water partition coefficient (Wildman–Crippen LogP) is 3.63. The van der Waals surface area contributed by atoms with Gasteiger partial charge in [-0.15, -0.1) is 0 Å². The van der Waals surface area contributed by atoms with Crippen molar-refractivity contribution in [2.75, 3.05) is 11.9 Å². The second kappa shape index (κ2) is 5.44. The molecule has 4 heteroatoms. The molecule has 2 aromatic rings. The van der Waals surface area contributed by atoms with Gasteiger partial charge in [-0.25, -0.2) is 0 Å². The van der Waals surface area contributed by atoms with Crippen molar-refractivity contribution in [2.45, 2.75) is 12.5 Å². The summed E-state index contributed by atoms with van der Waals surface area (Å²) in [5.74, 6) is 0.898. The summed E-state index contributed by atoms with van der Waals surface area (Å²) >= 11 is 5.98. The number of benzene rings is 2. The summed E-state index contributed by atoms with van der Waals surface area (Å²) in [6.45, 7) is 0.658. The number of rotatable bonds is 3. The third kappa shape index (κ3) is 2.56. The molecule has 0 bridgehead atoms. The summed E-state index contributed by atoms with van der Waals surface area (Å²) in [6, 6.07) is 15.3. The van der Waals surface area contributed by atoms with Crippen LogP contribution >= 0.6 is 11.6 Å². The van der Waals surface area contributed by atoms with Crippen LogP contribution in [0.5, 0.6) is 5.75 Å². The van der Waals surface area contributed by atoms with Crippen LogP contribution in [-0.2, 0) is 6.42 Å². The molecule has 0 aliphatic carbocycles. The van der Waals surface area contributed by atoms with Crippen LogP contribution in [0.4, 0.5) is 5.69 Å². The fourth-order valence-corrected chi connectivity index (χ4v) is 2.56. The molecular weight excluding hydrogens is 272 g/mol. The average molecular weight is 285 g/mol. The number of halogens is 1. The summed E-state index contributed by atoms with van der Waals surface area (Å²) < 4.78 is 5.85. The van der Waals surface area contributed by atoms with Crippen LogP contribution in [0, 0.1) is 11.3 Å². The van der Waals surface area contributed by atoms with Crippen molar-refractivity contribution >= 4 is 17.3 Å². The van der Waals surface area contributed by atoms with E-state index in [-0.39, 0.29) is 6.10 Å². The molecule has 0 amide bonds. The number of hydrogen-bond acceptors (Lipinski definition) is 3. The zero-order valence-corrected chi connectivity index (χ0v) is 11.5. The first-order valence-corrected chi connectivity index (χ1v) is 6.82. The van der Waals surface area contributed by atoms with E-state index in [1.165, 1.54) is 0 Å². The van der Waals surface area contributed by atoms with Crippen molar-refractivity contribution in [1.82, 2.24) is 0 Å². The van der Waals surface area contributed by atoms with Crippen molar-refractivity contribution in [3.63, 3.8) is 0 Å². The van der Waals surface area contributed by atoms with Crippen LogP contribution < -0.4 is 10.1 Å². The number of hydrogen-bond donors (Lipinski definition) is 1. The maximum Gasteiger partial charge on any atom is 0.123 e. The first-order chi connectivity index (χ1) is 9.76. The van der Waals surface area contributed by atoms with Gasteiger partial charge in [-0.2, -0.15) is 5.26 Å². The van der Waals surface area contributed by atoms with Crippen LogP contribution in [0.2, 0.25) is 5.02 Å². The molecule has 1 unspecified atom stereocenters. The molecule has 100 valence electrons. The van der Waals surface area contributed by atoms with Gasteiger partial charge in [0, 0.05) is 11.4 Å². The van der Waals surface area contributed by atoms with E-state index in [0.29, 0.717) is 12.1 Å². The molecule has 1 heterocycles. The number of anilines is 1. The number of nitrogens with one attached hydrogen (secondary N) is 1. The molecule has 20 heavy (non-hydrogen) atoms. The lowest BCUT2D eigenvalue weighted by Crippen LogP contribution is -2.24. The van der Waals surface area contributed by atoms with Gasteiger partial charge in [0.05, 0.1) is 17.8 Å². The van der Waals surface area contributed by atoms with E-state index in [1.54, 1.807) is 6.07 Å². The number of nitrogens with zero attached hydrogens (tertiary/aromatic N) is 1. The molecule has 3 rings (SSSR count). The number of para-hydroxylation sites is 1. The molecule has 3 nitrogen and oxygen atoms in total. The highest BCUT2D eigenvalue weighted by Gasteiger charge is 2.22. The Morgan fingerprint density at radius 3 is 3.00 bits per heavy atom. The minimum Gasteiger partial charge on any atom is -0.488 e. The van der Waals surface area contributed by atoms with Crippen molar-refractivity contribution in [1.29, 1.82) is 5.26 Å². The average Bonchev–Trinajstić information content (AvgIpc) is 2.87. The van der Waals surface area contributed by atoms with E-state index >= 15 is 0 Å². The van der Waals surface area contributed by atoms with Crippen LogP contribution in [0.25, 0.3) is 0 Å². The van der Waals surface area contributed by atoms with Gasteiger partial charge in [0.15, 0.2) is 0 Å². The van der Waals surface area contributed by atoms with Gasteiger partial charge >= 0.3 is 0 Å². The molecule has 0 fully saturated rings. The Hall–Kier alpha value is -2.18. The molecular formula is C16H13ClN2O. The molecule has 1 N–H and O–H groups in total. The highest BCUT2D eigenvalue weighted by Crippen LogP contribution is 2.31. The summed E-state index contributed by atoms with van der Waals surface area (Å²) in [7, 11) is 0. The van der Waals surface area contributed by atoms with Gasteiger partial charge in [-0.05, 0) is 35.9 Å². The molecule has 0 saturated carbocycles. The first kappa shape index (κ1) is 12.8. The van der Waals surface area contributed by atoms with Crippen LogP contribution in [0.1, 0.15) is 11.1 Å². The summed E-state index contributed by atoms with van der Waals surface area (Å²) in [5.41, 5.74) is 2.62. The van der Waals surface area contributed by atoms with Gasteiger partial charge in [0.25, 0.3) is 0 Å². The Labute approximate surface area is 122 Å². The van der Waals surface area contributed by atoms with Crippen LogP contribution in [0.15, 0.2) is 42.5 Å². The van der Waals surface area contributed by atoms with E-state index in [0.717, 1.165) is 28.4 Å². The fourth-order valence-electron chi connectivity index (χ4n) is 2.36. The normalized spacial score (nSPS) is 16.1. The molecule has 2 aromatic carbocycles. The smallest absolute Gasteiger partial charge is 0.123 e. The zero-order valence-electron chi connectivity index (χ0n) is 10.8. The fraction of sp³-hybridized carbons (Fsp3) is 0.188. The molecule has 1 aliphatic rings. The van der Waals surface area contributed by atoms with Crippen LogP contribution in [0.3, 0.4) is 0 Å². The quantitative estimate of drug-likeness (QED) is 0.936. The van der Waals surface area contributed by atoms with E-state index in [4.69, 9.17) is 21.6 Å². The lowest BCUT2D eigenvalue weighted by molar-refractivity contribution is 0.246. The molecule has 0 spiro atoms. The van der Waals surface area contributed by atoms with Gasteiger partial charge in [0.2, 0.25) is 0 Å². The molecule has 0 saturated heterocycles. The molecule has 1 aliphatic heterocycles. The van der Waals surface area contributed by atoms with E-state index in [1.807, 2.05) is 36.4 Å². The van der Waals surface area contributed by atoms with E-state index in [2.05, 4.69) is 11.4 Å². The minimum absolute atomic E-state index is 0.0650. The minimum atomic E-state index is 0.0650. The second-order valence-electron chi connectivity index (χ2n) is 4.73. The summed E-state index contributed by atoms with van der Waals surface area (Å²) in [4.78, 5) is 0. The van der Waals surface area contributed by atoms with Gasteiger partial charge < -0.3 is 10.1 Å². The second-order valence-corrected chi connectivity index (χ2v) is 5.17. The highest BCUT2D eigenvalue weighted by molar-refractivity contribution is 6.30. The van der Waals surface area contributed by atoms with Crippen molar-refractivity contribution in [3.8, 4) is 11.8 Å². The van der Waals surface area contributed by atoms with E-state index in [9.17, 15) is 0 Å². The van der Waals surface area contributed by atoms with Crippen molar-refractivity contribution < 1.29 is 4.74 Å². The summed E-state index contributed by atoms with van der Waals surface area (Å²) in [5, 5.41) is 13.1. The van der Waals surface area contributed by atoms with Crippen LogP contribution in [-0.4, -0.2) is 12.6 Å². The highest BCUT2D eigenvalue weighted by atomic mass is 35.5. The summed E-state index contributed by atoms with van der Waals surface area (Å²) in [6.07, 6.45) is 0.896. The van der Waals surface area contributed by atoms with Gasteiger partial charge in [-0.1, -0.05) is 23.7 Å².